The van der Waals surface area contributed by atoms with E-state index in [0.717, 1.165) is 11.3 Å². The van der Waals surface area contributed by atoms with Gasteiger partial charge in [0.25, 0.3) is 0 Å². The first-order valence-corrected chi connectivity index (χ1v) is 8.37. The van der Waals surface area contributed by atoms with E-state index < -0.39 is 0 Å². The van der Waals surface area contributed by atoms with Gasteiger partial charge in [-0.1, -0.05) is 12.1 Å². The van der Waals surface area contributed by atoms with Crippen molar-refractivity contribution in [2.24, 2.45) is 0 Å². The molecule has 0 fully saturated rings. The molecule has 0 aromatic heterocycles. The maximum absolute atomic E-state index is 12.2. The molecule has 2 amide bonds. The zero-order valence-electron chi connectivity index (χ0n) is 15.6. The highest BCUT2D eigenvalue weighted by atomic mass is 16.5. The molecule has 0 spiro atoms. The van der Waals surface area contributed by atoms with Crippen LogP contribution in [0.25, 0.3) is 0 Å². The molecule has 6 heteroatoms. The monoisotopic (exact) mass is 355 g/mol. The van der Waals surface area contributed by atoms with E-state index in [1.54, 1.807) is 31.4 Å². The van der Waals surface area contributed by atoms with Gasteiger partial charge in [-0.25, -0.2) is 4.79 Å². The molecule has 0 heterocycles. The third kappa shape index (κ3) is 5.32. The number of benzene rings is 2. The molecule has 0 bridgehead atoms. The summed E-state index contributed by atoms with van der Waals surface area (Å²) in [4.78, 5) is 25.5. The molecule has 2 aromatic carbocycles. The van der Waals surface area contributed by atoms with Crippen molar-refractivity contribution < 1.29 is 14.3 Å². The van der Waals surface area contributed by atoms with E-state index in [1.807, 2.05) is 43.3 Å². The standard InChI is InChI=1S/C20H25N3O3/c1-14(24)15-8-10-17(11-9-15)22-20(25)21-13-19(23(2)3)16-6-5-7-18(12-16)26-4/h5-12,19H,13H2,1-4H3,(H2,21,22,25). The minimum Gasteiger partial charge on any atom is -0.497 e. The molecule has 0 radical (unpaired) electrons. The van der Waals surface area contributed by atoms with Gasteiger partial charge in [-0.15, -0.1) is 0 Å². The number of carbonyl (C=O) groups is 2. The van der Waals surface area contributed by atoms with E-state index in [0.29, 0.717) is 17.8 Å². The van der Waals surface area contributed by atoms with Gasteiger partial charge in [0, 0.05) is 17.8 Å². The first kappa shape index (κ1) is 19.5. The number of ketones is 1. The lowest BCUT2D eigenvalue weighted by Crippen LogP contribution is -2.36. The van der Waals surface area contributed by atoms with Crippen molar-refractivity contribution in [1.82, 2.24) is 10.2 Å². The Morgan fingerprint density at radius 1 is 1.12 bits per heavy atom. The number of amides is 2. The molecule has 0 saturated carbocycles. The molecule has 0 aliphatic carbocycles. The number of hydrogen-bond donors (Lipinski definition) is 2. The zero-order chi connectivity index (χ0) is 19.1. The summed E-state index contributed by atoms with van der Waals surface area (Å²) in [5.41, 5.74) is 2.30. The summed E-state index contributed by atoms with van der Waals surface area (Å²) in [7, 11) is 5.56. The maximum atomic E-state index is 12.2. The number of likely N-dealkylation sites (N-methyl/N-ethyl adjacent to an activating group) is 1. The van der Waals surface area contributed by atoms with Crippen molar-refractivity contribution >= 4 is 17.5 Å². The average Bonchev–Trinajstić information content (AvgIpc) is 2.62. The van der Waals surface area contributed by atoms with Crippen molar-refractivity contribution in [3.05, 3.63) is 59.7 Å². The molecule has 1 atom stereocenters. The first-order chi connectivity index (χ1) is 12.4. The number of nitrogens with one attached hydrogen (secondary N) is 2. The van der Waals surface area contributed by atoms with E-state index in [2.05, 4.69) is 10.6 Å². The smallest absolute Gasteiger partial charge is 0.319 e. The van der Waals surface area contributed by atoms with Crippen molar-refractivity contribution in [2.45, 2.75) is 13.0 Å². The molecule has 0 aliphatic heterocycles. The Balaban J connectivity index is 1.97. The number of anilines is 1. The lowest BCUT2D eigenvalue weighted by atomic mass is 10.1. The summed E-state index contributed by atoms with van der Waals surface area (Å²) >= 11 is 0. The van der Waals surface area contributed by atoms with Crippen LogP contribution < -0.4 is 15.4 Å². The van der Waals surface area contributed by atoms with E-state index in [-0.39, 0.29) is 17.9 Å². The summed E-state index contributed by atoms with van der Waals surface area (Å²) in [6.07, 6.45) is 0. The second-order valence-electron chi connectivity index (χ2n) is 6.22. The van der Waals surface area contributed by atoms with Gasteiger partial charge >= 0.3 is 6.03 Å². The first-order valence-electron chi connectivity index (χ1n) is 8.37. The molecule has 1 unspecified atom stereocenters. The number of carbonyl (C=O) groups excluding carboxylic acids is 2. The van der Waals surface area contributed by atoms with E-state index >= 15 is 0 Å². The predicted molar refractivity (Wildman–Crippen MR) is 103 cm³/mol. The maximum Gasteiger partial charge on any atom is 0.319 e. The van der Waals surface area contributed by atoms with Crippen LogP contribution in [-0.2, 0) is 0 Å². The van der Waals surface area contributed by atoms with Crippen molar-refractivity contribution in [2.75, 3.05) is 33.1 Å². The number of nitrogens with zero attached hydrogens (tertiary/aromatic N) is 1. The SMILES string of the molecule is COc1cccc(C(CNC(=O)Nc2ccc(C(C)=O)cc2)N(C)C)c1. The Hall–Kier alpha value is -2.86. The fraction of sp³-hybridized carbons (Fsp3) is 0.300. The van der Waals surface area contributed by atoms with Crippen molar-refractivity contribution in [1.29, 1.82) is 0 Å². The van der Waals surface area contributed by atoms with Crippen LogP contribution >= 0.6 is 0 Å². The molecular formula is C20H25N3O3. The highest BCUT2D eigenvalue weighted by molar-refractivity contribution is 5.95. The second kappa shape index (κ2) is 9.01. The van der Waals surface area contributed by atoms with Gasteiger partial charge < -0.3 is 20.3 Å². The predicted octanol–water partition coefficient (Wildman–Crippen LogP) is 3.32. The highest BCUT2D eigenvalue weighted by Crippen LogP contribution is 2.22. The Kier molecular flexibility index (Phi) is 6.74. The summed E-state index contributed by atoms with van der Waals surface area (Å²) in [6.45, 7) is 1.95. The largest absolute Gasteiger partial charge is 0.497 e. The molecule has 26 heavy (non-hydrogen) atoms. The third-order valence-corrected chi connectivity index (χ3v) is 4.11. The summed E-state index contributed by atoms with van der Waals surface area (Å²) in [6, 6.07) is 14.3. The van der Waals surface area contributed by atoms with E-state index in [4.69, 9.17) is 4.74 Å². The molecule has 0 aliphatic rings. The quantitative estimate of drug-likeness (QED) is 0.748. The molecule has 0 saturated heterocycles. The normalized spacial score (nSPS) is 11.7. The Morgan fingerprint density at radius 2 is 1.81 bits per heavy atom. The van der Waals surface area contributed by atoms with Gasteiger partial charge in [0.2, 0.25) is 0 Å². The van der Waals surface area contributed by atoms with Gasteiger partial charge in [0.15, 0.2) is 5.78 Å². The van der Waals surface area contributed by atoms with Crippen LogP contribution in [0.5, 0.6) is 5.75 Å². The van der Waals surface area contributed by atoms with Crippen LogP contribution in [0.2, 0.25) is 0 Å². The summed E-state index contributed by atoms with van der Waals surface area (Å²) in [5.74, 6) is 0.775. The van der Waals surface area contributed by atoms with Gasteiger partial charge in [-0.05, 0) is 63.0 Å². The van der Waals surface area contributed by atoms with Crippen LogP contribution in [0.15, 0.2) is 48.5 Å². The van der Waals surface area contributed by atoms with Crippen LogP contribution in [0.1, 0.15) is 28.9 Å². The molecule has 138 valence electrons. The molecule has 2 aromatic rings. The fourth-order valence-corrected chi connectivity index (χ4v) is 2.60. The highest BCUT2D eigenvalue weighted by Gasteiger charge is 2.16. The van der Waals surface area contributed by atoms with Crippen LogP contribution in [0.4, 0.5) is 10.5 Å². The second-order valence-corrected chi connectivity index (χ2v) is 6.22. The van der Waals surface area contributed by atoms with E-state index in [9.17, 15) is 9.59 Å². The lowest BCUT2D eigenvalue weighted by molar-refractivity contribution is 0.101. The molecule has 2 N–H and O–H groups in total. The lowest BCUT2D eigenvalue weighted by Gasteiger charge is -2.25. The van der Waals surface area contributed by atoms with Gasteiger partial charge in [0.1, 0.15) is 5.75 Å². The molecular weight excluding hydrogens is 330 g/mol. The number of hydrogen-bond acceptors (Lipinski definition) is 4. The number of rotatable bonds is 7. The molecule has 2 rings (SSSR count). The van der Waals surface area contributed by atoms with Crippen molar-refractivity contribution in [3.8, 4) is 5.75 Å². The topological polar surface area (TPSA) is 70.7 Å². The van der Waals surface area contributed by atoms with Crippen LogP contribution in [0.3, 0.4) is 0 Å². The van der Waals surface area contributed by atoms with E-state index in [1.165, 1.54) is 6.92 Å². The number of Topliss-reactive ketones (excluding diaryl/α,β-unsaturated/α-hetero) is 1. The van der Waals surface area contributed by atoms with Crippen molar-refractivity contribution in [3.63, 3.8) is 0 Å². The fourth-order valence-electron chi connectivity index (χ4n) is 2.60. The summed E-state index contributed by atoms with van der Waals surface area (Å²) in [5, 5.41) is 5.66. The van der Waals surface area contributed by atoms with Gasteiger partial charge in [-0.3, -0.25) is 4.79 Å². The summed E-state index contributed by atoms with van der Waals surface area (Å²) < 4.78 is 5.27. The number of urea groups is 1. The average molecular weight is 355 g/mol. The van der Waals surface area contributed by atoms with Gasteiger partial charge in [0.05, 0.1) is 13.2 Å². The third-order valence-electron chi connectivity index (χ3n) is 4.11. The Labute approximate surface area is 154 Å². The zero-order valence-corrected chi connectivity index (χ0v) is 15.6. The van der Waals surface area contributed by atoms with Gasteiger partial charge in [-0.2, -0.15) is 0 Å². The van der Waals surface area contributed by atoms with Crippen LogP contribution in [0, 0.1) is 0 Å². The number of methoxy groups -OCH3 is 1. The Bertz CT molecular complexity index is 757. The Morgan fingerprint density at radius 3 is 2.38 bits per heavy atom. The number of ether oxygens (including phenoxy) is 1. The minimum absolute atomic E-state index is 0.00637. The van der Waals surface area contributed by atoms with Crippen LogP contribution in [-0.4, -0.2) is 44.5 Å². The molecule has 6 nitrogen and oxygen atoms in total. The minimum atomic E-state index is -0.296.